The van der Waals surface area contributed by atoms with Crippen molar-refractivity contribution in [2.75, 3.05) is 6.61 Å². The van der Waals surface area contributed by atoms with Gasteiger partial charge < -0.3 is 9.47 Å². The predicted molar refractivity (Wildman–Crippen MR) is 98.7 cm³/mol. The van der Waals surface area contributed by atoms with E-state index in [1.54, 1.807) is 19.9 Å². The molecule has 3 rings (SSSR count). The van der Waals surface area contributed by atoms with Crippen LogP contribution in [0.5, 0.6) is 11.5 Å². The van der Waals surface area contributed by atoms with Crippen molar-refractivity contribution in [3.8, 4) is 17.6 Å². The Morgan fingerprint density at radius 2 is 2.07 bits per heavy atom. The summed E-state index contributed by atoms with van der Waals surface area (Å²) in [6, 6.07) is 10.3. The lowest BCUT2D eigenvalue weighted by atomic mass is 10.1. The minimum absolute atomic E-state index is 0.0206. The topological polar surface area (TPSA) is 72.2 Å². The number of nitriles is 1. The molecule has 3 aromatic rings. The highest BCUT2D eigenvalue weighted by Crippen LogP contribution is 2.37. The second-order valence-corrected chi connectivity index (χ2v) is 6.10. The summed E-state index contributed by atoms with van der Waals surface area (Å²) < 4.78 is 24.4. The van der Waals surface area contributed by atoms with Crippen LogP contribution in [-0.4, -0.2) is 17.6 Å². The first-order chi connectivity index (χ1) is 12.9. The van der Waals surface area contributed by atoms with E-state index in [1.807, 2.05) is 6.07 Å². The van der Waals surface area contributed by atoms with Crippen LogP contribution in [0.4, 0.5) is 4.39 Å². The number of esters is 1. The number of hydrogen-bond donors (Lipinski definition) is 0. The fourth-order valence-electron chi connectivity index (χ4n) is 2.65. The third kappa shape index (κ3) is 3.83. The van der Waals surface area contributed by atoms with Crippen LogP contribution in [-0.2, 0) is 0 Å². The van der Waals surface area contributed by atoms with Crippen molar-refractivity contribution >= 4 is 28.5 Å². The molecule has 0 saturated heterocycles. The van der Waals surface area contributed by atoms with E-state index in [4.69, 9.17) is 26.3 Å². The Morgan fingerprint density at radius 1 is 1.30 bits per heavy atom. The standard InChI is InChI=1S/C20H14ClFN2O3/c1-3-26-18-8-12(10-23)7-16(21)19(18)27-20(25)15-6-11(2)24-17-9-13(22)4-5-14(15)17/h4-9H,3H2,1-2H3. The van der Waals surface area contributed by atoms with Crippen molar-refractivity contribution in [2.45, 2.75) is 13.8 Å². The lowest BCUT2D eigenvalue weighted by molar-refractivity contribution is 0.0730. The third-order valence-corrected chi connectivity index (χ3v) is 4.03. The first-order valence-corrected chi connectivity index (χ1v) is 8.46. The van der Waals surface area contributed by atoms with Gasteiger partial charge in [-0.05, 0) is 38.1 Å². The number of aryl methyl sites for hydroxylation is 1. The van der Waals surface area contributed by atoms with Gasteiger partial charge in [-0.2, -0.15) is 5.26 Å². The van der Waals surface area contributed by atoms with E-state index in [9.17, 15) is 9.18 Å². The normalized spacial score (nSPS) is 10.5. The molecular formula is C20H14ClFN2O3. The summed E-state index contributed by atoms with van der Waals surface area (Å²) in [5.74, 6) is -0.929. The number of aromatic nitrogens is 1. The Kier molecular flexibility index (Phi) is 5.24. The molecule has 0 unspecified atom stereocenters. The fourth-order valence-corrected chi connectivity index (χ4v) is 2.89. The Bertz CT molecular complexity index is 1090. The fraction of sp³-hybridized carbons (Fsp3) is 0.150. The molecule has 27 heavy (non-hydrogen) atoms. The molecule has 0 aliphatic heterocycles. The number of ether oxygens (including phenoxy) is 2. The first kappa shape index (κ1) is 18.6. The number of pyridine rings is 1. The molecule has 1 heterocycles. The number of benzene rings is 2. The maximum Gasteiger partial charge on any atom is 0.344 e. The van der Waals surface area contributed by atoms with Crippen molar-refractivity contribution in [1.82, 2.24) is 4.98 Å². The molecule has 0 atom stereocenters. The molecule has 5 nitrogen and oxygen atoms in total. The van der Waals surface area contributed by atoms with E-state index in [0.29, 0.717) is 23.2 Å². The number of rotatable bonds is 4. The van der Waals surface area contributed by atoms with Crippen molar-refractivity contribution in [2.24, 2.45) is 0 Å². The van der Waals surface area contributed by atoms with E-state index in [1.165, 1.54) is 30.3 Å². The zero-order chi connectivity index (χ0) is 19.6. The molecule has 1 aromatic heterocycles. The molecule has 0 amide bonds. The summed E-state index contributed by atoms with van der Waals surface area (Å²) in [6.45, 7) is 3.75. The van der Waals surface area contributed by atoms with Crippen LogP contribution >= 0.6 is 11.6 Å². The summed E-state index contributed by atoms with van der Waals surface area (Å²) in [6.07, 6.45) is 0. The SMILES string of the molecule is CCOc1cc(C#N)cc(Cl)c1OC(=O)c1cc(C)nc2cc(F)ccc12. The molecule has 0 radical (unpaired) electrons. The maximum atomic E-state index is 13.5. The smallest absolute Gasteiger partial charge is 0.344 e. The van der Waals surface area contributed by atoms with Gasteiger partial charge in [0.25, 0.3) is 0 Å². The van der Waals surface area contributed by atoms with Gasteiger partial charge in [-0.15, -0.1) is 0 Å². The van der Waals surface area contributed by atoms with E-state index < -0.39 is 11.8 Å². The third-order valence-electron chi connectivity index (χ3n) is 3.75. The van der Waals surface area contributed by atoms with Crippen LogP contribution in [0.2, 0.25) is 5.02 Å². The molecule has 0 fully saturated rings. The molecule has 0 N–H and O–H groups in total. The van der Waals surface area contributed by atoms with Gasteiger partial charge in [0.1, 0.15) is 5.82 Å². The maximum absolute atomic E-state index is 13.5. The van der Waals surface area contributed by atoms with E-state index in [-0.39, 0.29) is 27.6 Å². The quantitative estimate of drug-likeness (QED) is 0.476. The number of carbonyl (C=O) groups excluding carboxylic acids is 1. The number of halogens is 2. The summed E-state index contributed by atoms with van der Waals surface area (Å²) in [5, 5.41) is 9.60. The Labute approximate surface area is 159 Å². The van der Waals surface area contributed by atoms with Gasteiger partial charge in [0.2, 0.25) is 0 Å². The largest absolute Gasteiger partial charge is 0.490 e. The van der Waals surface area contributed by atoms with Crippen molar-refractivity contribution in [3.05, 3.63) is 64.1 Å². The van der Waals surface area contributed by atoms with E-state index in [2.05, 4.69) is 4.98 Å². The van der Waals surface area contributed by atoms with Crippen LogP contribution in [0.15, 0.2) is 36.4 Å². The Hall–Kier alpha value is -3.17. The number of carbonyl (C=O) groups is 1. The van der Waals surface area contributed by atoms with Gasteiger partial charge in [-0.1, -0.05) is 11.6 Å². The predicted octanol–water partition coefficient (Wildman–Crippen LogP) is 4.83. The highest BCUT2D eigenvalue weighted by Gasteiger charge is 2.20. The van der Waals surface area contributed by atoms with Gasteiger partial charge in [0.15, 0.2) is 11.5 Å². The number of hydrogen-bond acceptors (Lipinski definition) is 5. The summed E-state index contributed by atoms with van der Waals surface area (Å²) in [5.41, 5.74) is 1.39. The van der Waals surface area contributed by atoms with Crippen LogP contribution in [0.25, 0.3) is 10.9 Å². The van der Waals surface area contributed by atoms with Gasteiger partial charge >= 0.3 is 5.97 Å². The molecule has 0 spiro atoms. The lowest BCUT2D eigenvalue weighted by Gasteiger charge is -2.13. The summed E-state index contributed by atoms with van der Waals surface area (Å²) in [7, 11) is 0. The zero-order valence-corrected chi connectivity index (χ0v) is 15.3. The highest BCUT2D eigenvalue weighted by molar-refractivity contribution is 6.32. The monoisotopic (exact) mass is 384 g/mol. The van der Waals surface area contributed by atoms with Crippen LogP contribution in [0, 0.1) is 24.1 Å². The van der Waals surface area contributed by atoms with Gasteiger partial charge in [0, 0.05) is 23.2 Å². The molecule has 0 aliphatic rings. The number of nitrogens with zero attached hydrogens (tertiary/aromatic N) is 2. The molecule has 0 bridgehead atoms. The average Bonchev–Trinajstić information content (AvgIpc) is 2.63. The minimum atomic E-state index is -0.690. The van der Waals surface area contributed by atoms with Gasteiger partial charge in [0.05, 0.1) is 34.3 Å². The van der Waals surface area contributed by atoms with Gasteiger partial charge in [-0.3, -0.25) is 4.98 Å². The molecule has 0 saturated carbocycles. The van der Waals surface area contributed by atoms with Crippen LogP contribution < -0.4 is 9.47 Å². The zero-order valence-electron chi connectivity index (χ0n) is 14.5. The molecule has 7 heteroatoms. The van der Waals surface area contributed by atoms with E-state index in [0.717, 1.165) is 0 Å². The Balaban J connectivity index is 2.06. The summed E-state index contributed by atoms with van der Waals surface area (Å²) in [4.78, 5) is 17.0. The molecule has 2 aromatic carbocycles. The van der Waals surface area contributed by atoms with Gasteiger partial charge in [-0.25, -0.2) is 9.18 Å². The number of fused-ring (bicyclic) bond motifs is 1. The second-order valence-electron chi connectivity index (χ2n) is 5.69. The van der Waals surface area contributed by atoms with Crippen molar-refractivity contribution < 1.29 is 18.7 Å². The van der Waals surface area contributed by atoms with E-state index >= 15 is 0 Å². The van der Waals surface area contributed by atoms with Crippen LogP contribution in [0.1, 0.15) is 28.5 Å². The van der Waals surface area contributed by atoms with Crippen molar-refractivity contribution in [1.29, 1.82) is 5.26 Å². The first-order valence-electron chi connectivity index (χ1n) is 8.08. The minimum Gasteiger partial charge on any atom is -0.490 e. The Morgan fingerprint density at radius 3 is 2.78 bits per heavy atom. The van der Waals surface area contributed by atoms with Crippen LogP contribution in [0.3, 0.4) is 0 Å². The lowest BCUT2D eigenvalue weighted by Crippen LogP contribution is -2.12. The molecular weight excluding hydrogens is 371 g/mol. The van der Waals surface area contributed by atoms with Crippen molar-refractivity contribution in [3.63, 3.8) is 0 Å². The highest BCUT2D eigenvalue weighted by atomic mass is 35.5. The second kappa shape index (κ2) is 7.60. The average molecular weight is 385 g/mol. The molecule has 136 valence electrons. The summed E-state index contributed by atoms with van der Waals surface area (Å²) >= 11 is 6.18. The molecule has 0 aliphatic carbocycles.